The van der Waals surface area contributed by atoms with E-state index in [0.29, 0.717) is 27.9 Å². The summed E-state index contributed by atoms with van der Waals surface area (Å²) < 4.78 is 30.7. The molecule has 0 amide bonds. The van der Waals surface area contributed by atoms with E-state index in [1.54, 1.807) is 50.2 Å². The van der Waals surface area contributed by atoms with Crippen molar-refractivity contribution in [2.75, 3.05) is 5.32 Å². The van der Waals surface area contributed by atoms with Crippen LogP contribution in [0.4, 0.5) is 5.69 Å². The van der Waals surface area contributed by atoms with Crippen LogP contribution in [0.15, 0.2) is 81.7 Å². The maximum atomic E-state index is 13.3. The molecular weight excluding hydrogens is 424 g/mol. The van der Waals surface area contributed by atoms with Gasteiger partial charge in [0, 0.05) is 16.8 Å². The quantitative estimate of drug-likeness (QED) is 0.567. The standard InChI is InChI=1S/C25H22N2O4S/c1-15-12-16(2)25(17(3)13-15)32(30,31)27-22-14-23(26-18-8-10-19(28)11-9-18)24(29)21-7-5-4-6-20(21)22/h4-14,26,28H,1-3H3. The molecule has 0 saturated heterocycles. The van der Waals surface area contributed by atoms with Crippen molar-refractivity contribution in [2.24, 2.45) is 4.40 Å². The van der Waals surface area contributed by atoms with E-state index < -0.39 is 10.0 Å². The maximum absolute atomic E-state index is 13.3. The number of ketones is 1. The van der Waals surface area contributed by atoms with Gasteiger partial charge in [0.25, 0.3) is 10.0 Å². The number of hydrogen-bond acceptors (Lipinski definition) is 5. The molecule has 3 aromatic carbocycles. The van der Waals surface area contributed by atoms with Crippen LogP contribution in [0.3, 0.4) is 0 Å². The Morgan fingerprint density at radius 2 is 1.47 bits per heavy atom. The number of allylic oxidation sites excluding steroid dienone is 2. The van der Waals surface area contributed by atoms with Crippen LogP contribution >= 0.6 is 0 Å². The summed E-state index contributed by atoms with van der Waals surface area (Å²) in [5.74, 6) is -0.172. The predicted octanol–water partition coefficient (Wildman–Crippen LogP) is 4.69. The Balaban J connectivity index is 1.85. The Hall–Kier alpha value is -3.71. The third kappa shape index (κ3) is 4.07. The van der Waals surface area contributed by atoms with Gasteiger partial charge >= 0.3 is 0 Å². The summed E-state index contributed by atoms with van der Waals surface area (Å²) in [6.07, 6.45) is 1.45. The maximum Gasteiger partial charge on any atom is 0.283 e. The number of sulfonamides is 1. The zero-order valence-electron chi connectivity index (χ0n) is 17.9. The summed E-state index contributed by atoms with van der Waals surface area (Å²) in [6, 6.07) is 16.6. The smallest absolute Gasteiger partial charge is 0.283 e. The fraction of sp³-hybridized carbons (Fsp3) is 0.120. The van der Waals surface area contributed by atoms with Gasteiger partial charge in [-0.3, -0.25) is 4.79 Å². The van der Waals surface area contributed by atoms with Crippen molar-refractivity contribution in [3.8, 4) is 5.75 Å². The summed E-state index contributed by atoms with van der Waals surface area (Å²) in [6.45, 7) is 5.41. The average Bonchev–Trinajstić information content (AvgIpc) is 2.72. The predicted molar refractivity (Wildman–Crippen MR) is 125 cm³/mol. The van der Waals surface area contributed by atoms with Gasteiger partial charge in [-0.2, -0.15) is 12.8 Å². The van der Waals surface area contributed by atoms with Crippen molar-refractivity contribution in [3.05, 3.63) is 100 Å². The fourth-order valence-electron chi connectivity index (χ4n) is 3.95. The van der Waals surface area contributed by atoms with E-state index in [-0.39, 0.29) is 27.8 Å². The lowest BCUT2D eigenvalue weighted by Gasteiger charge is -2.19. The van der Waals surface area contributed by atoms with Crippen molar-refractivity contribution >= 4 is 27.2 Å². The minimum absolute atomic E-state index is 0.0991. The Kier molecular flexibility index (Phi) is 5.44. The number of carbonyl (C=O) groups is 1. The molecule has 0 bridgehead atoms. The summed E-state index contributed by atoms with van der Waals surface area (Å²) >= 11 is 0. The second kappa shape index (κ2) is 8.09. The minimum Gasteiger partial charge on any atom is -0.508 e. The van der Waals surface area contributed by atoms with Gasteiger partial charge in [0.05, 0.1) is 16.3 Å². The van der Waals surface area contributed by atoms with E-state index in [1.165, 1.54) is 18.2 Å². The van der Waals surface area contributed by atoms with E-state index in [2.05, 4.69) is 9.71 Å². The van der Waals surface area contributed by atoms with Gasteiger partial charge < -0.3 is 10.4 Å². The van der Waals surface area contributed by atoms with Gasteiger partial charge in [-0.1, -0.05) is 42.0 Å². The van der Waals surface area contributed by atoms with Crippen LogP contribution in [-0.4, -0.2) is 25.0 Å². The highest BCUT2D eigenvalue weighted by molar-refractivity contribution is 7.90. The number of carbonyl (C=O) groups excluding carboxylic acids is 1. The van der Waals surface area contributed by atoms with Crippen LogP contribution in [0, 0.1) is 20.8 Å². The van der Waals surface area contributed by atoms with E-state index in [0.717, 1.165) is 5.56 Å². The molecule has 162 valence electrons. The SMILES string of the molecule is Cc1cc(C)c(S(=O)(=O)N=C2C=C(Nc3ccc(O)cc3)C(=O)c3ccccc32)c(C)c1. The fourth-order valence-corrected chi connectivity index (χ4v) is 5.38. The monoisotopic (exact) mass is 446 g/mol. The van der Waals surface area contributed by atoms with Crippen molar-refractivity contribution in [3.63, 3.8) is 0 Å². The molecule has 4 rings (SSSR count). The van der Waals surface area contributed by atoms with Crippen LogP contribution in [0.2, 0.25) is 0 Å². The summed E-state index contributed by atoms with van der Waals surface area (Å²) in [5, 5.41) is 12.5. The highest BCUT2D eigenvalue weighted by atomic mass is 32.2. The Morgan fingerprint density at radius 3 is 2.09 bits per heavy atom. The first kappa shape index (κ1) is 21.5. The normalized spacial score (nSPS) is 14.8. The highest BCUT2D eigenvalue weighted by Gasteiger charge is 2.27. The van der Waals surface area contributed by atoms with Crippen LogP contribution in [0.5, 0.6) is 5.75 Å². The second-order valence-electron chi connectivity index (χ2n) is 7.78. The summed E-state index contributed by atoms with van der Waals surface area (Å²) in [4.78, 5) is 13.2. The van der Waals surface area contributed by atoms with Crippen molar-refractivity contribution < 1.29 is 18.3 Å². The first-order valence-electron chi connectivity index (χ1n) is 10.0. The zero-order chi connectivity index (χ0) is 23.0. The Bertz CT molecular complexity index is 1380. The lowest BCUT2D eigenvalue weighted by molar-refractivity contribution is 0.103. The van der Waals surface area contributed by atoms with Crippen molar-refractivity contribution in [2.45, 2.75) is 25.7 Å². The molecule has 0 aromatic heterocycles. The third-order valence-electron chi connectivity index (χ3n) is 5.20. The van der Waals surface area contributed by atoms with E-state index in [9.17, 15) is 18.3 Å². The highest BCUT2D eigenvalue weighted by Crippen LogP contribution is 2.28. The first-order valence-corrected chi connectivity index (χ1v) is 11.4. The lowest BCUT2D eigenvalue weighted by Crippen LogP contribution is -2.22. The molecule has 0 aliphatic heterocycles. The van der Waals surface area contributed by atoms with Crippen LogP contribution in [0.25, 0.3) is 0 Å². The van der Waals surface area contributed by atoms with Crippen molar-refractivity contribution in [1.29, 1.82) is 0 Å². The number of phenolic OH excluding ortho intramolecular Hbond substituents is 1. The number of benzene rings is 3. The number of Topliss-reactive ketones (excluding diaryl/α,β-unsaturated/α-hetero) is 1. The Labute approximate surface area is 187 Å². The number of fused-ring (bicyclic) bond motifs is 1. The molecule has 0 fully saturated rings. The van der Waals surface area contributed by atoms with Gasteiger partial charge in [-0.05, 0) is 62.2 Å². The van der Waals surface area contributed by atoms with E-state index >= 15 is 0 Å². The number of nitrogens with one attached hydrogen (secondary N) is 1. The first-order chi connectivity index (χ1) is 15.2. The van der Waals surface area contributed by atoms with Crippen LogP contribution in [0.1, 0.15) is 32.6 Å². The van der Waals surface area contributed by atoms with Crippen molar-refractivity contribution in [1.82, 2.24) is 0 Å². The molecular formula is C25H22N2O4S. The number of rotatable bonds is 4. The molecule has 6 nitrogen and oxygen atoms in total. The molecule has 32 heavy (non-hydrogen) atoms. The molecule has 0 spiro atoms. The van der Waals surface area contributed by atoms with Gasteiger partial charge in [0.2, 0.25) is 5.78 Å². The largest absolute Gasteiger partial charge is 0.508 e. The van der Waals surface area contributed by atoms with Crippen LogP contribution in [-0.2, 0) is 10.0 Å². The van der Waals surface area contributed by atoms with Crippen LogP contribution < -0.4 is 5.32 Å². The van der Waals surface area contributed by atoms with E-state index in [1.807, 2.05) is 19.1 Å². The third-order valence-corrected chi connectivity index (χ3v) is 6.80. The van der Waals surface area contributed by atoms with Gasteiger partial charge in [-0.15, -0.1) is 0 Å². The second-order valence-corrected chi connectivity index (χ2v) is 9.32. The molecule has 1 aliphatic carbocycles. The number of phenols is 1. The molecule has 2 N–H and O–H groups in total. The number of anilines is 1. The molecule has 0 radical (unpaired) electrons. The molecule has 0 heterocycles. The molecule has 0 saturated carbocycles. The molecule has 0 unspecified atom stereocenters. The average molecular weight is 447 g/mol. The van der Waals surface area contributed by atoms with Gasteiger partial charge in [0.15, 0.2) is 0 Å². The number of hydrogen-bond donors (Lipinski definition) is 2. The molecule has 7 heteroatoms. The number of nitrogens with zero attached hydrogens (tertiary/aromatic N) is 1. The topological polar surface area (TPSA) is 95.8 Å². The molecule has 0 atom stereocenters. The molecule has 1 aliphatic rings. The summed E-state index contributed by atoms with van der Waals surface area (Å²) in [7, 11) is -4.03. The Morgan fingerprint density at radius 1 is 0.875 bits per heavy atom. The minimum atomic E-state index is -4.03. The van der Waals surface area contributed by atoms with Gasteiger partial charge in [-0.25, -0.2) is 0 Å². The van der Waals surface area contributed by atoms with E-state index in [4.69, 9.17) is 0 Å². The summed E-state index contributed by atoms with van der Waals surface area (Å²) in [5.41, 5.74) is 4.00. The lowest BCUT2D eigenvalue weighted by atomic mass is 9.92. The zero-order valence-corrected chi connectivity index (χ0v) is 18.7. The number of aromatic hydroxyl groups is 1. The van der Waals surface area contributed by atoms with Gasteiger partial charge in [0.1, 0.15) is 5.75 Å². The number of aryl methyl sites for hydroxylation is 3. The molecule has 3 aromatic rings.